The maximum Gasteiger partial charge on any atom is 0.200 e. The van der Waals surface area contributed by atoms with Crippen molar-refractivity contribution in [3.8, 4) is 17.2 Å². The van der Waals surface area contributed by atoms with E-state index in [9.17, 15) is 15.3 Å². The zero-order chi connectivity index (χ0) is 15.4. The van der Waals surface area contributed by atoms with Crippen LogP contribution in [-0.2, 0) is 13.1 Å². The molecule has 0 fully saturated rings. The maximum absolute atomic E-state index is 9.69. The summed E-state index contributed by atoms with van der Waals surface area (Å²) in [5.41, 5.74) is 2.72. The fraction of sp³-hybridized carbons (Fsp3) is 0.400. The Labute approximate surface area is 123 Å². The molecule has 0 saturated carbocycles. The van der Waals surface area contributed by atoms with E-state index in [1.807, 2.05) is 24.6 Å². The molecular formula is C15H21N3O3. The molecule has 6 heteroatoms. The summed E-state index contributed by atoms with van der Waals surface area (Å²) in [6, 6.07) is 4.99. The van der Waals surface area contributed by atoms with Crippen LogP contribution in [0.15, 0.2) is 18.2 Å². The van der Waals surface area contributed by atoms with Crippen LogP contribution in [0.25, 0.3) is 0 Å². The zero-order valence-corrected chi connectivity index (χ0v) is 12.3. The van der Waals surface area contributed by atoms with Crippen molar-refractivity contribution in [1.29, 1.82) is 0 Å². The van der Waals surface area contributed by atoms with Crippen molar-refractivity contribution < 1.29 is 15.3 Å². The highest BCUT2D eigenvalue weighted by molar-refractivity contribution is 5.52. The van der Waals surface area contributed by atoms with Crippen molar-refractivity contribution in [3.63, 3.8) is 0 Å². The van der Waals surface area contributed by atoms with Crippen LogP contribution >= 0.6 is 0 Å². The van der Waals surface area contributed by atoms with E-state index < -0.39 is 5.75 Å². The van der Waals surface area contributed by atoms with Gasteiger partial charge < -0.3 is 20.6 Å². The van der Waals surface area contributed by atoms with Crippen molar-refractivity contribution in [2.45, 2.75) is 33.4 Å². The lowest BCUT2D eigenvalue weighted by atomic mass is 10.1. The Morgan fingerprint density at radius 3 is 2.57 bits per heavy atom. The molecule has 0 aliphatic rings. The molecule has 0 atom stereocenters. The molecule has 0 amide bonds. The fourth-order valence-electron chi connectivity index (χ4n) is 2.23. The molecule has 0 saturated heterocycles. The highest BCUT2D eigenvalue weighted by Gasteiger charge is 2.10. The third kappa shape index (κ3) is 3.66. The minimum Gasteiger partial charge on any atom is -0.504 e. The van der Waals surface area contributed by atoms with Crippen molar-refractivity contribution in [3.05, 3.63) is 35.2 Å². The van der Waals surface area contributed by atoms with E-state index in [0.717, 1.165) is 30.9 Å². The molecule has 1 heterocycles. The van der Waals surface area contributed by atoms with Crippen LogP contribution in [0.4, 0.5) is 0 Å². The fourth-order valence-corrected chi connectivity index (χ4v) is 2.23. The SMILES string of the molecule is Cc1cc(C)n(CCCNCc2ccc(O)c(O)c2O)n1. The van der Waals surface area contributed by atoms with Gasteiger partial charge in [-0.1, -0.05) is 6.07 Å². The first-order valence-electron chi connectivity index (χ1n) is 6.93. The molecule has 0 unspecified atom stereocenters. The van der Waals surface area contributed by atoms with E-state index in [2.05, 4.69) is 10.4 Å². The van der Waals surface area contributed by atoms with Crippen LogP contribution < -0.4 is 5.32 Å². The third-order valence-electron chi connectivity index (χ3n) is 3.36. The van der Waals surface area contributed by atoms with Crippen molar-refractivity contribution in [2.75, 3.05) is 6.54 Å². The molecule has 0 aliphatic carbocycles. The number of aryl methyl sites for hydroxylation is 3. The van der Waals surface area contributed by atoms with Crippen LogP contribution in [0.3, 0.4) is 0 Å². The summed E-state index contributed by atoms with van der Waals surface area (Å²) in [6.07, 6.45) is 0.910. The standard InChI is InChI=1S/C15H21N3O3/c1-10-8-11(2)18(17-10)7-3-6-16-9-12-4-5-13(19)15(21)14(12)20/h4-5,8,16,19-21H,3,6-7,9H2,1-2H3. The molecule has 4 N–H and O–H groups in total. The zero-order valence-electron chi connectivity index (χ0n) is 12.3. The topological polar surface area (TPSA) is 90.5 Å². The molecule has 114 valence electrons. The van der Waals surface area contributed by atoms with E-state index in [0.29, 0.717) is 12.1 Å². The summed E-state index contributed by atoms with van der Waals surface area (Å²) in [5.74, 6) is -1.07. The van der Waals surface area contributed by atoms with Crippen LogP contribution in [0.5, 0.6) is 17.2 Å². The first-order chi connectivity index (χ1) is 9.99. The van der Waals surface area contributed by atoms with Crippen molar-refractivity contribution >= 4 is 0 Å². The lowest BCUT2D eigenvalue weighted by molar-refractivity contribution is 0.364. The smallest absolute Gasteiger partial charge is 0.200 e. The Bertz CT molecular complexity index is 623. The van der Waals surface area contributed by atoms with Gasteiger partial charge in [0.1, 0.15) is 0 Å². The molecule has 1 aromatic heterocycles. The molecule has 2 rings (SSSR count). The monoisotopic (exact) mass is 291 g/mol. The molecule has 1 aromatic carbocycles. The summed E-state index contributed by atoms with van der Waals surface area (Å²) < 4.78 is 1.97. The molecule has 0 aliphatic heterocycles. The van der Waals surface area contributed by atoms with E-state index in [1.165, 1.54) is 6.07 Å². The predicted octanol–water partition coefficient (Wildman–Crippen LogP) is 1.80. The number of nitrogens with one attached hydrogen (secondary N) is 1. The van der Waals surface area contributed by atoms with E-state index in [-0.39, 0.29) is 11.5 Å². The number of hydrogen-bond acceptors (Lipinski definition) is 5. The number of aromatic hydroxyl groups is 3. The summed E-state index contributed by atoms with van der Waals surface area (Å²) in [6.45, 7) is 6.03. The number of rotatable bonds is 6. The van der Waals surface area contributed by atoms with Gasteiger partial charge in [0.15, 0.2) is 11.5 Å². The van der Waals surface area contributed by atoms with Gasteiger partial charge in [-0.3, -0.25) is 4.68 Å². The van der Waals surface area contributed by atoms with Crippen molar-refractivity contribution in [2.24, 2.45) is 0 Å². The second-order valence-electron chi connectivity index (χ2n) is 5.12. The Morgan fingerprint density at radius 1 is 1.14 bits per heavy atom. The lowest BCUT2D eigenvalue weighted by Gasteiger charge is -2.09. The number of hydrogen-bond donors (Lipinski definition) is 4. The number of phenols is 3. The van der Waals surface area contributed by atoms with Gasteiger partial charge in [0.2, 0.25) is 5.75 Å². The van der Waals surface area contributed by atoms with Gasteiger partial charge in [-0.05, 0) is 38.9 Å². The summed E-state index contributed by atoms with van der Waals surface area (Å²) in [5, 5.41) is 35.9. The molecule has 0 spiro atoms. The van der Waals surface area contributed by atoms with E-state index in [1.54, 1.807) is 6.07 Å². The normalized spacial score (nSPS) is 11.0. The Balaban J connectivity index is 1.78. The number of aromatic nitrogens is 2. The van der Waals surface area contributed by atoms with Gasteiger partial charge in [0.05, 0.1) is 5.69 Å². The average molecular weight is 291 g/mol. The summed E-state index contributed by atoms with van der Waals surface area (Å²) in [7, 11) is 0. The van der Waals surface area contributed by atoms with Gasteiger partial charge in [-0.2, -0.15) is 5.10 Å². The van der Waals surface area contributed by atoms with Gasteiger partial charge >= 0.3 is 0 Å². The second kappa shape index (κ2) is 6.49. The lowest BCUT2D eigenvalue weighted by Crippen LogP contribution is -2.17. The average Bonchev–Trinajstić information content (AvgIpc) is 2.76. The molecular weight excluding hydrogens is 270 g/mol. The van der Waals surface area contributed by atoms with Crippen LogP contribution in [0.2, 0.25) is 0 Å². The van der Waals surface area contributed by atoms with Gasteiger partial charge in [-0.15, -0.1) is 0 Å². The van der Waals surface area contributed by atoms with Gasteiger partial charge in [0, 0.05) is 24.3 Å². The highest BCUT2D eigenvalue weighted by atomic mass is 16.3. The molecule has 0 bridgehead atoms. The van der Waals surface area contributed by atoms with Crippen LogP contribution in [0.1, 0.15) is 23.4 Å². The number of nitrogens with zero attached hydrogens (tertiary/aromatic N) is 2. The summed E-state index contributed by atoms with van der Waals surface area (Å²) in [4.78, 5) is 0. The highest BCUT2D eigenvalue weighted by Crippen LogP contribution is 2.36. The Kier molecular flexibility index (Phi) is 4.70. The van der Waals surface area contributed by atoms with E-state index in [4.69, 9.17) is 0 Å². The molecule has 0 radical (unpaired) electrons. The second-order valence-corrected chi connectivity index (χ2v) is 5.12. The largest absolute Gasteiger partial charge is 0.504 e. The molecule has 2 aromatic rings. The van der Waals surface area contributed by atoms with Crippen LogP contribution in [-0.4, -0.2) is 31.6 Å². The van der Waals surface area contributed by atoms with Gasteiger partial charge in [0.25, 0.3) is 0 Å². The minimum atomic E-state index is -0.475. The van der Waals surface area contributed by atoms with Crippen molar-refractivity contribution in [1.82, 2.24) is 15.1 Å². The van der Waals surface area contributed by atoms with E-state index >= 15 is 0 Å². The Hall–Kier alpha value is -2.21. The quantitative estimate of drug-likeness (QED) is 0.481. The third-order valence-corrected chi connectivity index (χ3v) is 3.36. The first-order valence-corrected chi connectivity index (χ1v) is 6.93. The number of benzene rings is 1. The Morgan fingerprint density at radius 2 is 1.90 bits per heavy atom. The molecule has 6 nitrogen and oxygen atoms in total. The maximum atomic E-state index is 9.69. The molecule has 21 heavy (non-hydrogen) atoms. The minimum absolute atomic E-state index is 0.277. The summed E-state index contributed by atoms with van der Waals surface area (Å²) >= 11 is 0. The first kappa shape index (κ1) is 15.2. The predicted molar refractivity (Wildman–Crippen MR) is 79.5 cm³/mol. The van der Waals surface area contributed by atoms with Crippen LogP contribution in [0, 0.1) is 13.8 Å². The van der Waals surface area contributed by atoms with Gasteiger partial charge in [-0.25, -0.2) is 0 Å². The number of phenolic OH excluding ortho intramolecular Hbond substituents is 3.